The molecule has 0 aliphatic rings. The van der Waals surface area contributed by atoms with Crippen molar-refractivity contribution < 1.29 is 14.7 Å². The number of primary amides is 1. The van der Waals surface area contributed by atoms with Gasteiger partial charge in [-0.05, 0) is 18.6 Å². The number of carbonyl (C=O) groups is 2. The number of amides is 1. The number of hydrogen-bond donors (Lipinski definition) is 3. The van der Waals surface area contributed by atoms with Gasteiger partial charge in [-0.2, -0.15) is 0 Å². The van der Waals surface area contributed by atoms with Crippen LogP contribution >= 0.6 is 11.6 Å². The summed E-state index contributed by atoms with van der Waals surface area (Å²) in [4.78, 5) is 22.4. The maximum atomic E-state index is 11.3. The average Bonchev–Trinajstić information content (AvgIpc) is 2.33. The van der Waals surface area contributed by atoms with Gasteiger partial charge in [-0.25, -0.2) is 0 Å². The minimum absolute atomic E-state index is 0.185. The van der Waals surface area contributed by atoms with Crippen LogP contribution in [0, 0.1) is 5.92 Å². The van der Waals surface area contributed by atoms with Gasteiger partial charge < -0.3 is 16.2 Å². The number of carboxylic acids is 1. The van der Waals surface area contributed by atoms with E-state index in [1.807, 2.05) is 6.92 Å². The lowest BCUT2D eigenvalue weighted by Gasteiger charge is -2.15. The number of carbonyl (C=O) groups excluding carboxylic acids is 1. The van der Waals surface area contributed by atoms with E-state index in [9.17, 15) is 9.59 Å². The van der Waals surface area contributed by atoms with Gasteiger partial charge in [-0.1, -0.05) is 31.0 Å². The Morgan fingerprint density at radius 3 is 2.68 bits per heavy atom. The molecule has 0 aliphatic heterocycles. The second-order valence-corrected chi connectivity index (χ2v) is 4.64. The maximum Gasteiger partial charge on any atom is 0.308 e. The van der Waals surface area contributed by atoms with E-state index < -0.39 is 17.8 Å². The van der Waals surface area contributed by atoms with Crippen molar-refractivity contribution in [1.29, 1.82) is 0 Å². The molecule has 0 saturated carbocycles. The molecule has 4 N–H and O–H groups in total. The molecular weight excluding hydrogens is 268 g/mol. The zero-order valence-electron chi connectivity index (χ0n) is 10.6. The van der Waals surface area contributed by atoms with E-state index in [4.69, 9.17) is 22.4 Å². The number of anilines is 1. The van der Waals surface area contributed by atoms with Crippen LogP contribution in [-0.4, -0.2) is 23.5 Å². The lowest BCUT2D eigenvalue weighted by atomic mass is 10.0. The fourth-order valence-corrected chi connectivity index (χ4v) is 2.08. The Bertz CT molecular complexity index is 477. The van der Waals surface area contributed by atoms with Crippen molar-refractivity contribution in [1.82, 2.24) is 0 Å². The Balaban J connectivity index is 2.85. The molecule has 1 aromatic rings. The summed E-state index contributed by atoms with van der Waals surface area (Å²) in [5.74, 6) is -2.02. The Kier molecular flexibility index (Phi) is 5.63. The number of benzene rings is 1. The molecule has 0 aliphatic carbocycles. The molecule has 1 aromatic carbocycles. The smallest absolute Gasteiger partial charge is 0.308 e. The van der Waals surface area contributed by atoms with E-state index >= 15 is 0 Å². The third-order valence-electron chi connectivity index (χ3n) is 2.79. The summed E-state index contributed by atoms with van der Waals surface area (Å²) in [7, 11) is 0. The standard InChI is InChI=1S/C13H17ClN2O3/c1-2-4-8(13(18)19)7-16-10-6-3-5-9(14)11(10)12(15)17/h3,5-6,8,16H,2,4,7H2,1H3,(H2,15,17)(H,18,19). The molecule has 0 radical (unpaired) electrons. The molecule has 6 heteroatoms. The maximum absolute atomic E-state index is 11.3. The first kappa shape index (κ1) is 15.3. The summed E-state index contributed by atoms with van der Waals surface area (Å²) in [6.45, 7) is 2.15. The lowest BCUT2D eigenvalue weighted by Crippen LogP contribution is -2.24. The summed E-state index contributed by atoms with van der Waals surface area (Å²) in [6, 6.07) is 4.89. The number of nitrogens with one attached hydrogen (secondary N) is 1. The van der Waals surface area contributed by atoms with Crippen LogP contribution in [0.5, 0.6) is 0 Å². The molecule has 0 fully saturated rings. The number of halogens is 1. The van der Waals surface area contributed by atoms with Crippen molar-refractivity contribution in [3.63, 3.8) is 0 Å². The molecule has 0 heterocycles. The van der Waals surface area contributed by atoms with E-state index in [1.165, 1.54) is 0 Å². The van der Waals surface area contributed by atoms with Crippen molar-refractivity contribution in [2.24, 2.45) is 11.7 Å². The molecule has 1 amide bonds. The first-order valence-corrected chi connectivity index (χ1v) is 6.40. The van der Waals surface area contributed by atoms with Crippen molar-refractivity contribution in [3.8, 4) is 0 Å². The highest BCUT2D eigenvalue weighted by atomic mass is 35.5. The molecule has 1 rings (SSSR count). The molecule has 5 nitrogen and oxygen atoms in total. The molecule has 104 valence electrons. The van der Waals surface area contributed by atoms with Crippen molar-refractivity contribution in [3.05, 3.63) is 28.8 Å². The average molecular weight is 285 g/mol. The topological polar surface area (TPSA) is 92.4 Å². The van der Waals surface area contributed by atoms with Crippen LogP contribution in [0.25, 0.3) is 0 Å². The zero-order chi connectivity index (χ0) is 14.4. The molecule has 19 heavy (non-hydrogen) atoms. The monoisotopic (exact) mass is 284 g/mol. The van der Waals surface area contributed by atoms with E-state index in [0.29, 0.717) is 12.1 Å². The predicted molar refractivity (Wildman–Crippen MR) is 74.5 cm³/mol. The zero-order valence-corrected chi connectivity index (χ0v) is 11.4. The van der Waals surface area contributed by atoms with Gasteiger partial charge in [0.1, 0.15) is 0 Å². The van der Waals surface area contributed by atoms with E-state index in [2.05, 4.69) is 5.32 Å². The first-order valence-electron chi connectivity index (χ1n) is 6.02. The summed E-state index contributed by atoms with van der Waals surface area (Å²) in [6.07, 6.45) is 1.34. The van der Waals surface area contributed by atoms with Crippen LogP contribution in [0.15, 0.2) is 18.2 Å². The molecule has 1 unspecified atom stereocenters. The molecule has 0 spiro atoms. The highest BCUT2D eigenvalue weighted by Gasteiger charge is 2.18. The number of aliphatic carboxylic acids is 1. The van der Waals surface area contributed by atoms with Gasteiger partial charge in [0.15, 0.2) is 0 Å². The molecule has 0 bridgehead atoms. The van der Waals surface area contributed by atoms with Crippen LogP contribution in [0.2, 0.25) is 5.02 Å². The van der Waals surface area contributed by atoms with Crippen LogP contribution in [-0.2, 0) is 4.79 Å². The third-order valence-corrected chi connectivity index (χ3v) is 3.10. The van der Waals surface area contributed by atoms with E-state index in [0.717, 1.165) is 6.42 Å². The quantitative estimate of drug-likeness (QED) is 0.716. The van der Waals surface area contributed by atoms with Gasteiger partial charge in [-0.3, -0.25) is 9.59 Å². The molecule has 1 atom stereocenters. The van der Waals surface area contributed by atoms with Crippen LogP contribution in [0.4, 0.5) is 5.69 Å². The van der Waals surface area contributed by atoms with Crippen molar-refractivity contribution in [2.75, 3.05) is 11.9 Å². The highest BCUT2D eigenvalue weighted by Crippen LogP contribution is 2.24. The Hall–Kier alpha value is -1.75. The SMILES string of the molecule is CCCC(CNc1cccc(Cl)c1C(N)=O)C(=O)O. The normalized spacial score (nSPS) is 11.9. The summed E-state index contributed by atoms with van der Waals surface area (Å²) >= 11 is 5.91. The number of carboxylic acid groups (broad SMARTS) is 1. The first-order chi connectivity index (χ1) is 8.97. The lowest BCUT2D eigenvalue weighted by molar-refractivity contribution is -0.141. The van der Waals surface area contributed by atoms with Gasteiger partial charge in [0, 0.05) is 12.2 Å². The third kappa shape index (κ3) is 4.13. The fourth-order valence-electron chi connectivity index (χ4n) is 1.82. The summed E-state index contributed by atoms with van der Waals surface area (Å²) < 4.78 is 0. The Labute approximate surface area is 116 Å². The largest absolute Gasteiger partial charge is 0.481 e. The molecule has 0 saturated heterocycles. The van der Waals surface area contributed by atoms with Gasteiger partial charge in [-0.15, -0.1) is 0 Å². The summed E-state index contributed by atoms with van der Waals surface area (Å²) in [5.41, 5.74) is 5.91. The van der Waals surface area contributed by atoms with E-state index in [-0.39, 0.29) is 17.1 Å². The van der Waals surface area contributed by atoms with Gasteiger partial charge in [0.05, 0.1) is 16.5 Å². The Morgan fingerprint density at radius 2 is 2.16 bits per heavy atom. The fraction of sp³-hybridized carbons (Fsp3) is 0.385. The van der Waals surface area contributed by atoms with Gasteiger partial charge >= 0.3 is 5.97 Å². The van der Waals surface area contributed by atoms with Gasteiger partial charge in [0.25, 0.3) is 5.91 Å². The number of nitrogens with two attached hydrogens (primary N) is 1. The number of rotatable bonds is 7. The van der Waals surface area contributed by atoms with Crippen molar-refractivity contribution in [2.45, 2.75) is 19.8 Å². The second-order valence-electron chi connectivity index (χ2n) is 4.23. The summed E-state index contributed by atoms with van der Waals surface area (Å²) in [5, 5.41) is 12.2. The van der Waals surface area contributed by atoms with Gasteiger partial charge in [0.2, 0.25) is 0 Å². The second kappa shape index (κ2) is 6.99. The van der Waals surface area contributed by atoms with E-state index in [1.54, 1.807) is 18.2 Å². The minimum Gasteiger partial charge on any atom is -0.481 e. The molecular formula is C13H17ClN2O3. The Morgan fingerprint density at radius 1 is 1.47 bits per heavy atom. The number of hydrogen-bond acceptors (Lipinski definition) is 3. The predicted octanol–water partition coefficient (Wildman–Crippen LogP) is 2.35. The molecule has 0 aromatic heterocycles. The van der Waals surface area contributed by atoms with Crippen LogP contribution in [0.1, 0.15) is 30.1 Å². The minimum atomic E-state index is -0.864. The van der Waals surface area contributed by atoms with Crippen LogP contribution in [0.3, 0.4) is 0 Å². The van der Waals surface area contributed by atoms with Crippen LogP contribution < -0.4 is 11.1 Å². The highest BCUT2D eigenvalue weighted by molar-refractivity contribution is 6.34. The van der Waals surface area contributed by atoms with Crippen molar-refractivity contribution >= 4 is 29.2 Å².